The number of carbonyl (C=O) groups excluding carboxylic acids is 2. The highest BCUT2D eigenvalue weighted by molar-refractivity contribution is 5.97. The van der Waals surface area contributed by atoms with E-state index in [0.717, 1.165) is 17.5 Å². The van der Waals surface area contributed by atoms with Crippen molar-refractivity contribution < 1.29 is 23.8 Å². The summed E-state index contributed by atoms with van der Waals surface area (Å²) in [7, 11) is 1.58. The lowest BCUT2D eigenvalue weighted by Crippen LogP contribution is -2.39. The molecule has 0 aliphatic rings. The van der Waals surface area contributed by atoms with Crippen LogP contribution in [0.5, 0.6) is 5.75 Å². The van der Waals surface area contributed by atoms with Gasteiger partial charge in [0.1, 0.15) is 11.6 Å². The van der Waals surface area contributed by atoms with Gasteiger partial charge in [-0.1, -0.05) is 18.8 Å². The maximum absolute atomic E-state index is 13.7. The number of hydrogen-bond acceptors (Lipinski definition) is 4. The highest BCUT2D eigenvalue weighted by atomic mass is 19.1. The van der Waals surface area contributed by atoms with E-state index in [4.69, 9.17) is 4.74 Å². The van der Waals surface area contributed by atoms with E-state index in [1.165, 1.54) is 12.1 Å². The van der Waals surface area contributed by atoms with Crippen LogP contribution in [-0.2, 0) is 11.2 Å². The number of nitrogens with one attached hydrogen (secondary N) is 3. The van der Waals surface area contributed by atoms with Gasteiger partial charge in [-0.15, -0.1) is 0 Å². The topological polar surface area (TPSA) is 103 Å². The molecule has 2 amide bonds. The van der Waals surface area contributed by atoms with Gasteiger partial charge in [0.2, 0.25) is 5.91 Å². The van der Waals surface area contributed by atoms with Gasteiger partial charge in [-0.2, -0.15) is 0 Å². The zero-order valence-electron chi connectivity index (χ0n) is 19.9. The number of aromatic nitrogens is 1. The minimum atomic E-state index is -0.592. The molecule has 8 heteroatoms. The highest BCUT2D eigenvalue weighted by Crippen LogP contribution is 2.23. The summed E-state index contributed by atoms with van der Waals surface area (Å²) in [5, 5.41) is 16.0. The quantitative estimate of drug-likeness (QED) is 0.335. The van der Waals surface area contributed by atoms with Crippen molar-refractivity contribution in [3.05, 3.63) is 65.1 Å². The molecule has 4 N–H and O–H groups in total. The molecule has 0 aliphatic carbocycles. The summed E-state index contributed by atoms with van der Waals surface area (Å²) >= 11 is 0. The summed E-state index contributed by atoms with van der Waals surface area (Å²) in [6, 6.07) is 8.97. The molecule has 0 saturated carbocycles. The minimum absolute atomic E-state index is 0.0873. The number of halogens is 1. The Bertz CT molecular complexity index is 1240. The van der Waals surface area contributed by atoms with Crippen molar-refractivity contribution >= 4 is 22.7 Å². The van der Waals surface area contributed by atoms with Crippen LogP contribution < -0.4 is 15.4 Å². The standard InChI is InChI=1S/C27H30FN3O4/c1-3-12-35-25-11-8-18(6-4-5-7-26(33)29-2)13-23(25)27(34)31-21(17-32)14-19-16-30-24-10-9-20(28)15-22(19)24/h8-11,13,15-16,21,30,32H,3,5,7,12,14,17H2,1-2H3,(H,29,33)(H,31,34). The normalized spacial score (nSPS) is 11.4. The first-order chi connectivity index (χ1) is 16.9. The van der Waals surface area contributed by atoms with E-state index in [1.807, 2.05) is 6.92 Å². The van der Waals surface area contributed by atoms with E-state index in [0.29, 0.717) is 48.1 Å². The molecule has 0 aliphatic heterocycles. The van der Waals surface area contributed by atoms with Crippen LogP contribution in [0.25, 0.3) is 10.9 Å². The first-order valence-corrected chi connectivity index (χ1v) is 11.6. The number of benzene rings is 2. The number of H-pyrrole nitrogens is 1. The second-order valence-corrected chi connectivity index (χ2v) is 8.10. The third-order valence-electron chi connectivity index (χ3n) is 5.43. The fraction of sp³-hybridized carbons (Fsp3) is 0.333. The van der Waals surface area contributed by atoms with Crippen molar-refractivity contribution in [2.75, 3.05) is 20.3 Å². The molecule has 2 aromatic carbocycles. The Labute approximate surface area is 204 Å². The molecular weight excluding hydrogens is 449 g/mol. The zero-order valence-corrected chi connectivity index (χ0v) is 19.9. The molecule has 3 rings (SSSR count). The third kappa shape index (κ3) is 7.08. The average molecular weight is 480 g/mol. The average Bonchev–Trinajstić information content (AvgIpc) is 3.26. The monoisotopic (exact) mass is 479 g/mol. The van der Waals surface area contributed by atoms with Crippen LogP contribution in [0.1, 0.15) is 47.7 Å². The van der Waals surface area contributed by atoms with Gasteiger partial charge in [0.25, 0.3) is 5.91 Å². The van der Waals surface area contributed by atoms with Crippen LogP contribution >= 0.6 is 0 Å². The molecule has 0 saturated heterocycles. The number of carbonyl (C=O) groups is 2. The lowest BCUT2D eigenvalue weighted by molar-refractivity contribution is -0.120. The van der Waals surface area contributed by atoms with Gasteiger partial charge in [0, 0.05) is 42.6 Å². The fourth-order valence-corrected chi connectivity index (χ4v) is 3.60. The summed E-state index contributed by atoms with van der Waals surface area (Å²) in [4.78, 5) is 27.6. The van der Waals surface area contributed by atoms with Crippen LogP contribution in [0, 0.1) is 17.7 Å². The van der Waals surface area contributed by atoms with Crippen molar-refractivity contribution in [1.29, 1.82) is 0 Å². The second kappa shape index (κ2) is 12.6. The molecule has 184 valence electrons. The van der Waals surface area contributed by atoms with Gasteiger partial charge < -0.3 is 25.5 Å². The van der Waals surface area contributed by atoms with Gasteiger partial charge >= 0.3 is 0 Å². The van der Waals surface area contributed by atoms with Crippen LogP contribution in [-0.4, -0.2) is 48.2 Å². The molecule has 0 spiro atoms. The van der Waals surface area contributed by atoms with Crippen LogP contribution in [0.2, 0.25) is 0 Å². The number of amides is 2. The van der Waals surface area contributed by atoms with Crippen molar-refractivity contribution in [3.63, 3.8) is 0 Å². The van der Waals surface area contributed by atoms with Gasteiger partial charge in [-0.05, 0) is 54.8 Å². The SMILES string of the molecule is CCCOc1ccc(C#CCCC(=O)NC)cc1C(=O)NC(CO)Cc1c[nH]c2ccc(F)cc12. The van der Waals surface area contributed by atoms with Crippen LogP contribution in [0.15, 0.2) is 42.6 Å². The third-order valence-corrected chi connectivity index (χ3v) is 5.43. The Hall–Kier alpha value is -3.83. The maximum atomic E-state index is 13.7. The van der Waals surface area contributed by atoms with Crippen LogP contribution in [0.3, 0.4) is 0 Å². The molecule has 35 heavy (non-hydrogen) atoms. The Kier molecular flexibility index (Phi) is 9.27. The van der Waals surface area contributed by atoms with Crippen LogP contribution in [0.4, 0.5) is 4.39 Å². The zero-order chi connectivity index (χ0) is 25.2. The van der Waals surface area contributed by atoms with Crippen molar-refractivity contribution in [1.82, 2.24) is 15.6 Å². The molecule has 0 fully saturated rings. The first-order valence-electron chi connectivity index (χ1n) is 11.6. The molecule has 0 radical (unpaired) electrons. The Morgan fingerprint density at radius 3 is 2.80 bits per heavy atom. The van der Waals surface area contributed by atoms with Gasteiger partial charge in [0.15, 0.2) is 0 Å². The number of aliphatic hydroxyl groups excluding tert-OH is 1. The van der Waals surface area contributed by atoms with E-state index < -0.39 is 11.9 Å². The Balaban J connectivity index is 1.78. The van der Waals surface area contributed by atoms with Crippen molar-refractivity contribution in [2.45, 2.75) is 38.6 Å². The van der Waals surface area contributed by atoms with Crippen molar-refractivity contribution in [2.24, 2.45) is 0 Å². The molecular formula is C27H30FN3O4. The first kappa shape index (κ1) is 25.8. The Morgan fingerprint density at radius 2 is 2.06 bits per heavy atom. The van der Waals surface area contributed by atoms with Gasteiger partial charge in [-0.25, -0.2) is 4.39 Å². The number of rotatable bonds is 10. The number of ether oxygens (including phenoxy) is 1. The van der Waals surface area contributed by atoms with Crippen molar-refractivity contribution in [3.8, 4) is 17.6 Å². The van der Waals surface area contributed by atoms with E-state index in [2.05, 4.69) is 27.5 Å². The molecule has 1 aromatic heterocycles. The largest absolute Gasteiger partial charge is 0.493 e. The smallest absolute Gasteiger partial charge is 0.255 e. The van der Waals surface area contributed by atoms with Gasteiger partial charge in [-0.3, -0.25) is 9.59 Å². The molecule has 0 bridgehead atoms. The molecule has 7 nitrogen and oxygen atoms in total. The summed E-state index contributed by atoms with van der Waals surface area (Å²) in [5.74, 6) is 5.49. The Morgan fingerprint density at radius 1 is 1.23 bits per heavy atom. The summed E-state index contributed by atoms with van der Waals surface area (Å²) < 4.78 is 19.5. The molecule has 1 atom stereocenters. The summed E-state index contributed by atoms with van der Waals surface area (Å²) in [5.41, 5.74) is 2.49. The van der Waals surface area contributed by atoms with E-state index >= 15 is 0 Å². The number of aromatic amines is 1. The number of fused-ring (bicyclic) bond motifs is 1. The molecule has 3 aromatic rings. The van der Waals surface area contributed by atoms with E-state index in [9.17, 15) is 19.1 Å². The lowest BCUT2D eigenvalue weighted by Gasteiger charge is -2.18. The second-order valence-electron chi connectivity index (χ2n) is 8.10. The fourth-order valence-electron chi connectivity index (χ4n) is 3.60. The molecule has 1 heterocycles. The van der Waals surface area contributed by atoms with Gasteiger partial charge in [0.05, 0.1) is 24.8 Å². The van der Waals surface area contributed by atoms with E-state index in [-0.39, 0.29) is 18.3 Å². The predicted octanol–water partition coefficient (Wildman–Crippen LogP) is 3.31. The van der Waals surface area contributed by atoms with E-state index in [1.54, 1.807) is 37.5 Å². The minimum Gasteiger partial charge on any atom is -0.493 e. The summed E-state index contributed by atoms with van der Waals surface area (Å²) in [6.07, 6.45) is 3.54. The summed E-state index contributed by atoms with van der Waals surface area (Å²) in [6.45, 7) is 2.12. The number of hydrogen-bond donors (Lipinski definition) is 4. The predicted molar refractivity (Wildman–Crippen MR) is 133 cm³/mol. The number of aliphatic hydroxyl groups is 1. The lowest BCUT2D eigenvalue weighted by atomic mass is 10.0. The highest BCUT2D eigenvalue weighted by Gasteiger charge is 2.19. The maximum Gasteiger partial charge on any atom is 0.255 e. The molecule has 1 unspecified atom stereocenters.